The highest BCUT2D eigenvalue weighted by molar-refractivity contribution is 5.37. The molecule has 1 unspecified atom stereocenters. The standard InChI is InChI=1S/C18H28N2O/c1-20(2)18(11-6-3-7-12-18)14-19-16-10-13-21-17-9-5-4-8-15(16)17/h4-5,8-9,16,19H,3,6-7,10-14H2,1-2H3. The predicted molar refractivity (Wildman–Crippen MR) is 86.8 cm³/mol. The maximum Gasteiger partial charge on any atom is 0.124 e. The molecule has 0 spiro atoms. The molecule has 0 bridgehead atoms. The summed E-state index contributed by atoms with van der Waals surface area (Å²) >= 11 is 0. The summed E-state index contributed by atoms with van der Waals surface area (Å²) in [5.74, 6) is 1.06. The molecule has 3 heteroatoms. The zero-order valence-corrected chi connectivity index (χ0v) is 13.4. The number of ether oxygens (including phenoxy) is 1. The van der Waals surface area contributed by atoms with Crippen molar-refractivity contribution in [1.29, 1.82) is 0 Å². The highest BCUT2D eigenvalue weighted by Gasteiger charge is 2.35. The van der Waals surface area contributed by atoms with E-state index in [1.165, 1.54) is 37.7 Å². The maximum absolute atomic E-state index is 5.77. The minimum absolute atomic E-state index is 0.339. The van der Waals surface area contributed by atoms with Crippen molar-refractivity contribution >= 4 is 0 Å². The third kappa shape index (κ3) is 3.09. The third-order valence-electron chi connectivity index (χ3n) is 5.37. The first kappa shape index (κ1) is 14.9. The van der Waals surface area contributed by atoms with E-state index in [0.717, 1.165) is 25.3 Å². The van der Waals surface area contributed by atoms with Crippen LogP contribution in [0.2, 0.25) is 0 Å². The molecule has 1 heterocycles. The molecule has 1 aliphatic carbocycles. The van der Waals surface area contributed by atoms with Crippen molar-refractivity contribution in [3.63, 3.8) is 0 Å². The zero-order chi connectivity index (χ0) is 14.7. The Balaban J connectivity index is 1.69. The first-order valence-electron chi connectivity index (χ1n) is 8.34. The summed E-state index contributed by atoms with van der Waals surface area (Å²) in [5.41, 5.74) is 1.67. The molecule has 116 valence electrons. The second-order valence-electron chi connectivity index (χ2n) is 6.79. The molecule has 1 aromatic rings. The van der Waals surface area contributed by atoms with E-state index >= 15 is 0 Å². The van der Waals surface area contributed by atoms with Crippen LogP contribution in [0.4, 0.5) is 0 Å². The van der Waals surface area contributed by atoms with Crippen LogP contribution < -0.4 is 10.1 Å². The molecule has 0 amide bonds. The normalized spacial score (nSPS) is 24.4. The van der Waals surface area contributed by atoms with Gasteiger partial charge in [0.1, 0.15) is 5.75 Å². The van der Waals surface area contributed by atoms with E-state index in [0.29, 0.717) is 11.6 Å². The molecule has 2 aliphatic rings. The SMILES string of the molecule is CN(C)C1(CNC2CCOc3ccccc32)CCCCC1. The average molecular weight is 288 g/mol. The molecular weight excluding hydrogens is 260 g/mol. The van der Waals surface area contributed by atoms with Gasteiger partial charge in [-0.25, -0.2) is 0 Å². The van der Waals surface area contributed by atoms with Gasteiger partial charge in [-0.05, 0) is 33.0 Å². The fourth-order valence-electron chi connectivity index (χ4n) is 3.86. The van der Waals surface area contributed by atoms with Crippen molar-refractivity contribution in [3.05, 3.63) is 29.8 Å². The van der Waals surface area contributed by atoms with Crippen LogP contribution in [0.3, 0.4) is 0 Å². The van der Waals surface area contributed by atoms with Gasteiger partial charge in [-0.2, -0.15) is 0 Å². The Morgan fingerprint density at radius 2 is 1.95 bits per heavy atom. The molecule has 0 radical (unpaired) electrons. The van der Waals surface area contributed by atoms with E-state index in [2.05, 4.69) is 48.6 Å². The van der Waals surface area contributed by atoms with E-state index in [4.69, 9.17) is 4.74 Å². The summed E-state index contributed by atoms with van der Waals surface area (Å²) in [6, 6.07) is 8.91. The van der Waals surface area contributed by atoms with Crippen LogP contribution >= 0.6 is 0 Å². The largest absolute Gasteiger partial charge is 0.493 e. The Morgan fingerprint density at radius 3 is 2.71 bits per heavy atom. The fourth-order valence-corrected chi connectivity index (χ4v) is 3.86. The summed E-state index contributed by atoms with van der Waals surface area (Å²) in [5, 5.41) is 3.85. The maximum atomic E-state index is 5.77. The molecule has 21 heavy (non-hydrogen) atoms. The number of likely N-dealkylation sites (N-methyl/N-ethyl adjacent to an activating group) is 1. The van der Waals surface area contributed by atoms with Gasteiger partial charge in [0.2, 0.25) is 0 Å². The number of nitrogens with one attached hydrogen (secondary N) is 1. The lowest BCUT2D eigenvalue weighted by molar-refractivity contribution is 0.0923. The second-order valence-corrected chi connectivity index (χ2v) is 6.79. The number of fused-ring (bicyclic) bond motifs is 1. The second kappa shape index (κ2) is 6.37. The lowest BCUT2D eigenvalue weighted by atomic mass is 9.80. The fraction of sp³-hybridized carbons (Fsp3) is 0.667. The summed E-state index contributed by atoms with van der Waals surface area (Å²) in [4.78, 5) is 2.45. The average Bonchev–Trinajstić information content (AvgIpc) is 2.53. The van der Waals surface area contributed by atoms with Crippen molar-refractivity contribution in [2.45, 2.75) is 50.1 Å². The van der Waals surface area contributed by atoms with Crippen LogP contribution in [0.15, 0.2) is 24.3 Å². The Hall–Kier alpha value is -1.06. The van der Waals surface area contributed by atoms with Crippen LogP contribution in [0.1, 0.15) is 50.1 Å². The number of hydrogen-bond donors (Lipinski definition) is 1. The number of nitrogens with zero attached hydrogens (tertiary/aromatic N) is 1. The predicted octanol–water partition coefficient (Wildman–Crippen LogP) is 3.36. The highest BCUT2D eigenvalue weighted by Crippen LogP contribution is 2.35. The highest BCUT2D eigenvalue weighted by atomic mass is 16.5. The molecule has 1 saturated carbocycles. The van der Waals surface area contributed by atoms with Gasteiger partial charge in [-0.1, -0.05) is 37.5 Å². The van der Waals surface area contributed by atoms with Gasteiger partial charge in [0.25, 0.3) is 0 Å². The van der Waals surface area contributed by atoms with Gasteiger partial charge in [0, 0.05) is 30.1 Å². The quantitative estimate of drug-likeness (QED) is 0.919. The van der Waals surface area contributed by atoms with Gasteiger partial charge in [-0.15, -0.1) is 0 Å². The number of para-hydroxylation sites is 1. The topological polar surface area (TPSA) is 24.5 Å². The van der Waals surface area contributed by atoms with E-state index < -0.39 is 0 Å². The van der Waals surface area contributed by atoms with Gasteiger partial charge in [0.05, 0.1) is 6.61 Å². The minimum Gasteiger partial charge on any atom is -0.493 e. The molecule has 0 saturated heterocycles. The summed E-state index contributed by atoms with van der Waals surface area (Å²) in [7, 11) is 4.48. The number of hydrogen-bond acceptors (Lipinski definition) is 3. The van der Waals surface area contributed by atoms with E-state index in [1.807, 2.05) is 0 Å². The van der Waals surface area contributed by atoms with Crippen molar-refractivity contribution in [2.24, 2.45) is 0 Å². The molecule has 0 aromatic heterocycles. The molecule has 1 aromatic carbocycles. The van der Waals surface area contributed by atoms with Gasteiger partial charge < -0.3 is 15.0 Å². The van der Waals surface area contributed by atoms with Crippen LogP contribution in [0, 0.1) is 0 Å². The van der Waals surface area contributed by atoms with Crippen molar-refractivity contribution in [3.8, 4) is 5.75 Å². The van der Waals surface area contributed by atoms with E-state index in [9.17, 15) is 0 Å². The van der Waals surface area contributed by atoms with Crippen molar-refractivity contribution in [1.82, 2.24) is 10.2 Å². The summed E-state index contributed by atoms with van der Waals surface area (Å²) < 4.78 is 5.77. The molecule has 1 aliphatic heterocycles. The Kier molecular flexibility index (Phi) is 4.51. The molecule has 1 atom stereocenters. The van der Waals surface area contributed by atoms with Gasteiger partial charge in [-0.3, -0.25) is 0 Å². The Bertz CT molecular complexity index is 466. The Morgan fingerprint density at radius 1 is 1.19 bits per heavy atom. The smallest absolute Gasteiger partial charge is 0.124 e. The lowest BCUT2D eigenvalue weighted by Gasteiger charge is -2.44. The third-order valence-corrected chi connectivity index (χ3v) is 5.37. The van der Waals surface area contributed by atoms with Gasteiger partial charge in [0.15, 0.2) is 0 Å². The lowest BCUT2D eigenvalue weighted by Crippen LogP contribution is -2.53. The zero-order valence-electron chi connectivity index (χ0n) is 13.4. The van der Waals surface area contributed by atoms with Crippen LogP contribution in [0.5, 0.6) is 5.75 Å². The summed E-state index contributed by atoms with van der Waals surface area (Å²) in [6.07, 6.45) is 7.83. The molecule has 1 fully saturated rings. The van der Waals surface area contributed by atoms with E-state index in [1.54, 1.807) is 0 Å². The monoisotopic (exact) mass is 288 g/mol. The summed E-state index contributed by atoms with van der Waals surface area (Å²) in [6.45, 7) is 1.91. The molecule has 3 nitrogen and oxygen atoms in total. The molecular formula is C18H28N2O. The minimum atomic E-state index is 0.339. The first-order chi connectivity index (χ1) is 10.2. The van der Waals surface area contributed by atoms with Crippen LogP contribution in [-0.2, 0) is 0 Å². The first-order valence-corrected chi connectivity index (χ1v) is 8.34. The van der Waals surface area contributed by atoms with E-state index in [-0.39, 0.29) is 0 Å². The molecule has 3 rings (SSSR count). The number of rotatable bonds is 4. The van der Waals surface area contributed by atoms with Crippen LogP contribution in [-0.4, -0.2) is 37.7 Å². The van der Waals surface area contributed by atoms with Crippen molar-refractivity contribution < 1.29 is 4.74 Å². The Labute approximate surface area is 128 Å². The molecule has 1 N–H and O–H groups in total. The van der Waals surface area contributed by atoms with Gasteiger partial charge >= 0.3 is 0 Å². The number of benzene rings is 1. The van der Waals surface area contributed by atoms with Crippen molar-refractivity contribution in [2.75, 3.05) is 27.2 Å². The van der Waals surface area contributed by atoms with Crippen LogP contribution in [0.25, 0.3) is 0 Å².